The van der Waals surface area contributed by atoms with Gasteiger partial charge in [0.2, 0.25) is 5.56 Å². The van der Waals surface area contributed by atoms with Crippen molar-refractivity contribution in [3.63, 3.8) is 0 Å². The van der Waals surface area contributed by atoms with E-state index in [1.54, 1.807) is 13.8 Å². The van der Waals surface area contributed by atoms with Gasteiger partial charge in [-0.15, -0.1) is 0 Å². The van der Waals surface area contributed by atoms with Crippen molar-refractivity contribution in [2.24, 2.45) is 0 Å². The maximum Gasteiger partial charge on any atom is 0.419 e. The summed E-state index contributed by atoms with van der Waals surface area (Å²) in [4.78, 5) is 30.0. The van der Waals surface area contributed by atoms with Crippen molar-refractivity contribution in [2.75, 3.05) is 16.5 Å². The molecule has 10 heteroatoms. The molecule has 0 spiro atoms. The molecule has 0 atom stereocenters. The number of hydrogen-bond acceptors (Lipinski definition) is 3. The van der Waals surface area contributed by atoms with Gasteiger partial charge in [0.05, 0.1) is 22.5 Å². The van der Waals surface area contributed by atoms with Gasteiger partial charge in [0.15, 0.2) is 0 Å². The van der Waals surface area contributed by atoms with E-state index >= 15 is 0 Å². The van der Waals surface area contributed by atoms with Crippen LogP contribution < -0.4 is 15.4 Å². The number of aryl methyl sites for hydroxylation is 2. The number of hydrogen-bond donors (Lipinski definition) is 1. The molecule has 3 aromatic rings. The number of alkyl halides is 3. The second-order valence-corrected chi connectivity index (χ2v) is 7.41. The van der Waals surface area contributed by atoms with E-state index in [-0.39, 0.29) is 23.6 Å². The Labute approximate surface area is 178 Å². The number of rotatable bonds is 2. The van der Waals surface area contributed by atoms with E-state index in [9.17, 15) is 31.5 Å². The lowest BCUT2D eigenvalue weighted by atomic mass is 10.0. The summed E-state index contributed by atoms with van der Waals surface area (Å²) in [6, 6.07) is 7.49. The van der Waals surface area contributed by atoms with Crippen molar-refractivity contribution < 1.29 is 26.7 Å². The van der Waals surface area contributed by atoms with Gasteiger partial charge in [-0.1, -0.05) is 0 Å². The molecule has 5 nitrogen and oxygen atoms in total. The molecule has 0 radical (unpaired) electrons. The fourth-order valence-electron chi connectivity index (χ4n) is 3.78. The van der Waals surface area contributed by atoms with Crippen LogP contribution in [-0.4, -0.2) is 17.6 Å². The van der Waals surface area contributed by atoms with Gasteiger partial charge >= 0.3 is 6.18 Å². The number of aromatic amines is 1. The number of halogens is 5. The Morgan fingerprint density at radius 2 is 1.56 bits per heavy atom. The molecular formula is C22H16F5N3O2. The lowest BCUT2D eigenvalue weighted by Crippen LogP contribution is -2.46. The first-order valence-corrected chi connectivity index (χ1v) is 9.43. The van der Waals surface area contributed by atoms with Crippen LogP contribution in [0.25, 0.3) is 0 Å². The molecule has 1 N–H and O–H groups in total. The molecule has 0 aliphatic carbocycles. The molecule has 0 unspecified atom stereocenters. The van der Waals surface area contributed by atoms with Crippen LogP contribution in [0.1, 0.15) is 27.2 Å². The highest BCUT2D eigenvalue weighted by Crippen LogP contribution is 2.41. The van der Waals surface area contributed by atoms with E-state index in [1.807, 2.05) is 0 Å². The normalized spacial score (nSPS) is 14.0. The van der Waals surface area contributed by atoms with Crippen LogP contribution in [0.5, 0.6) is 0 Å². The SMILES string of the molecule is Cc1cc(F)ccc1N1CN(c2ccc(=O)[nH]c2C)C(=O)c2cc(C(F)(F)F)c(F)cc21. The summed E-state index contributed by atoms with van der Waals surface area (Å²) >= 11 is 0. The van der Waals surface area contributed by atoms with E-state index in [4.69, 9.17) is 0 Å². The van der Waals surface area contributed by atoms with Crippen LogP contribution in [0, 0.1) is 25.5 Å². The Hall–Kier alpha value is -3.69. The fourth-order valence-corrected chi connectivity index (χ4v) is 3.78. The van der Waals surface area contributed by atoms with Gasteiger partial charge in [0.1, 0.15) is 18.3 Å². The number of carbonyl (C=O) groups is 1. The smallest absolute Gasteiger partial charge is 0.324 e. The van der Waals surface area contributed by atoms with Crippen molar-refractivity contribution >= 4 is 23.0 Å². The molecule has 166 valence electrons. The number of fused-ring (bicyclic) bond motifs is 1. The van der Waals surface area contributed by atoms with Gasteiger partial charge in [-0.05, 0) is 55.8 Å². The largest absolute Gasteiger partial charge is 0.419 e. The standard InChI is InChI=1S/C22H16F5N3O2/c1-11-7-13(23)3-4-17(11)29-10-30(18-5-6-20(31)28-12(18)2)21(32)14-8-15(22(25,26)27)16(24)9-19(14)29/h3-9H,10H2,1-2H3,(H,28,31). The van der Waals surface area contributed by atoms with E-state index in [2.05, 4.69) is 4.98 Å². The van der Waals surface area contributed by atoms with E-state index in [0.717, 1.165) is 6.07 Å². The maximum atomic E-state index is 14.4. The molecule has 4 rings (SSSR count). The minimum Gasteiger partial charge on any atom is -0.324 e. The monoisotopic (exact) mass is 449 g/mol. The number of aromatic nitrogens is 1. The van der Waals surface area contributed by atoms with Gasteiger partial charge in [-0.25, -0.2) is 8.78 Å². The summed E-state index contributed by atoms with van der Waals surface area (Å²) in [6.45, 7) is 2.93. The van der Waals surface area contributed by atoms with Gasteiger partial charge in [-0.2, -0.15) is 13.2 Å². The summed E-state index contributed by atoms with van der Waals surface area (Å²) in [5.41, 5.74) is -1.03. The Morgan fingerprint density at radius 1 is 0.875 bits per heavy atom. The molecule has 1 aliphatic rings. The third-order valence-electron chi connectivity index (χ3n) is 5.27. The van der Waals surface area contributed by atoms with Crippen molar-refractivity contribution in [3.8, 4) is 0 Å². The van der Waals surface area contributed by atoms with Crippen LogP contribution in [0.15, 0.2) is 47.3 Å². The molecule has 0 saturated carbocycles. The minimum absolute atomic E-state index is 0.0754. The number of benzene rings is 2. The number of nitrogens with zero attached hydrogens (tertiary/aromatic N) is 2. The first-order chi connectivity index (χ1) is 15.0. The highest BCUT2D eigenvalue weighted by atomic mass is 19.4. The van der Waals surface area contributed by atoms with Crippen molar-refractivity contribution in [3.05, 3.63) is 86.8 Å². The lowest BCUT2D eigenvalue weighted by Gasteiger charge is -2.39. The van der Waals surface area contributed by atoms with Crippen LogP contribution in [0.4, 0.5) is 39.0 Å². The maximum absolute atomic E-state index is 14.4. The number of anilines is 3. The third-order valence-corrected chi connectivity index (χ3v) is 5.27. The molecule has 0 bridgehead atoms. The average molecular weight is 449 g/mol. The third kappa shape index (κ3) is 3.61. The summed E-state index contributed by atoms with van der Waals surface area (Å²) in [6.07, 6.45) is -5.01. The van der Waals surface area contributed by atoms with Gasteiger partial charge in [0.25, 0.3) is 5.91 Å². The molecule has 0 fully saturated rings. The minimum atomic E-state index is -5.01. The molecule has 1 amide bonds. The molecular weight excluding hydrogens is 433 g/mol. The second kappa shape index (κ2) is 7.47. The summed E-state index contributed by atoms with van der Waals surface area (Å²) in [7, 11) is 0. The number of amides is 1. The lowest BCUT2D eigenvalue weighted by molar-refractivity contribution is -0.140. The summed E-state index contributed by atoms with van der Waals surface area (Å²) in [5.74, 6) is -2.84. The quantitative estimate of drug-likeness (QED) is 0.558. The number of nitrogens with one attached hydrogen (secondary N) is 1. The zero-order valence-electron chi connectivity index (χ0n) is 16.8. The number of pyridine rings is 1. The second-order valence-electron chi connectivity index (χ2n) is 7.41. The van der Waals surface area contributed by atoms with Crippen molar-refractivity contribution in [2.45, 2.75) is 20.0 Å². The van der Waals surface area contributed by atoms with Crippen LogP contribution in [0.3, 0.4) is 0 Å². The van der Waals surface area contributed by atoms with Crippen molar-refractivity contribution in [1.82, 2.24) is 4.98 Å². The Kier molecular flexibility index (Phi) is 5.03. The first kappa shape index (κ1) is 21.5. The number of H-pyrrole nitrogens is 1. The topological polar surface area (TPSA) is 56.4 Å². The van der Waals surface area contributed by atoms with Gasteiger partial charge in [0, 0.05) is 17.4 Å². The highest BCUT2D eigenvalue weighted by Gasteiger charge is 2.39. The fraction of sp³-hybridized carbons (Fsp3) is 0.182. The van der Waals surface area contributed by atoms with Crippen molar-refractivity contribution in [1.29, 1.82) is 0 Å². The Morgan fingerprint density at radius 3 is 2.19 bits per heavy atom. The Balaban J connectivity index is 1.97. The van der Waals surface area contributed by atoms with Crippen LogP contribution >= 0.6 is 0 Å². The zero-order chi connectivity index (χ0) is 23.4. The zero-order valence-corrected chi connectivity index (χ0v) is 16.8. The first-order valence-electron chi connectivity index (χ1n) is 9.43. The molecule has 32 heavy (non-hydrogen) atoms. The summed E-state index contributed by atoms with van der Waals surface area (Å²) < 4.78 is 68.1. The molecule has 2 aromatic carbocycles. The highest BCUT2D eigenvalue weighted by molar-refractivity contribution is 6.13. The van der Waals surface area contributed by atoms with E-state index in [0.29, 0.717) is 29.1 Å². The molecule has 1 aromatic heterocycles. The predicted octanol–water partition coefficient (Wildman–Crippen LogP) is 5.04. The van der Waals surface area contributed by atoms with Gasteiger partial charge < -0.3 is 9.88 Å². The average Bonchev–Trinajstić information content (AvgIpc) is 2.68. The number of carbonyl (C=O) groups excluding carboxylic acids is 1. The molecule has 2 heterocycles. The van der Waals surface area contributed by atoms with Gasteiger partial charge in [-0.3, -0.25) is 14.5 Å². The van der Waals surface area contributed by atoms with Crippen LogP contribution in [0.2, 0.25) is 0 Å². The molecule has 0 saturated heterocycles. The summed E-state index contributed by atoms with van der Waals surface area (Å²) in [5, 5.41) is 0. The molecule has 1 aliphatic heterocycles. The van der Waals surface area contributed by atoms with Crippen LogP contribution in [-0.2, 0) is 6.18 Å². The van der Waals surface area contributed by atoms with E-state index in [1.165, 1.54) is 34.1 Å². The predicted molar refractivity (Wildman–Crippen MR) is 108 cm³/mol. The van der Waals surface area contributed by atoms with E-state index < -0.39 is 34.8 Å². The Bertz CT molecular complexity index is 1300.